The van der Waals surface area contributed by atoms with E-state index in [4.69, 9.17) is 9.84 Å². The molecule has 0 bridgehead atoms. The van der Waals surface area contributed by atoms with Crippen LogP contribution in [-0.4, -0.2) is 21.7 Å². The second-order valence-electron chi connectivity index (χ2n) is 5.20. The van der Waals surface area contributed by atoms with E-state index in [1.54, 1.807) is 6.20 Å². The van der Waals surface area contributed by atoms with E-state index in [0.717, 1.165) is 11.3 Å². The van der Waals surface area contributed by atoms with Crippen molar-refractivity contribution in [1.82, 2.24) is 9.97 Å². The van der Waals surface area contributed by atoms with Crippen molar-refractivity contribution in [3.8, 4) is 0 Å². The molecular weight excluding hydrogens is 216 g/mol. The van der Waals surface area contributed by atoms with Gasteiger partial charge in [0.05, 0.1) is 6.61 Å². The third-order valence-corrected chi connectivity index (χ3v) is 2.62. The molecule has 17 heavy (non-hydrogen) atoms. The maximum Gasteiger partial charge on any atom is 0.157 e. The molecule has 1 unspecified atom stereocenters. The molecule has 0 aliphatic heterocycles. The molecule has 1 atom stereocenters. The number of ether oxygens (including phenoxy) is 1. The van der Waals surface area contributed by atoms with Crippen LogP contribution in [0, 0.1) is 12.3 Å². The van der Waals surface area contributed by atoms with Crippen LogP contribution in [0.1, 0.15) is 50.9 Å². The minimum absolute atomic E-state index is 0.0269. The van der Waals surface area contributed by atoms with Crippen LogP contribution in [-0.2, 0) is 11.3 Å². The molecule has 0 saturated heterocycles. The van der Waals surface area contributed by atoms with Gasteiger partial charge in [-0.3, -0.25) is 0 Å². The number of aryl methyl sites for hydroxylation is 1. The topological polar surface area (TPSA) is 55.2 Å². The van der Waals surface area contributed by atoms with Gasteiger partial charge in [-0.05, 0) is 19.3 Å². The summed E-state index contributed by atoms with van der Waals surface area (Å²) in [4.78, 5) is 8.73. The monoisotopic (exact) mass is 238 g/mol. The summed E-state index contributed by atoms with van der Waals surface area (Å²) in [6.07, 6.45) is 1.55. The minimum Gasteiger partial charge on any atom is -0.392 e. The summed E-state index contributed by atoms with van der Waals surface area (Å²) in [7, 11) is 0. The normalized spacial score (nSPS) is 13.8. The summed E-state index contributed by atoms with van der Waals surface area (Å²) in [5.41, 5.74) is 1.52. The van der Waals surface area contributed by atoms with E-state index < -0.39 is 0 Å². The van der Waals surface area contributed by atoms with E-state index in [-0.39, 0.29) is 18.1 Å². The van der Waals surface area contributed by atoms with Crippen LogP contribution in [0.4, 0.5) is 0 Å². The summed E-state index contributed by atoms with van der Waals surface area (Å²) >= 11 is 0. The fraction of sp³-hybridized carbons (Fsp3) is 0.692. The molecule has 0 aromatic carbocycles. The van der Waals surface area contributed by atoms with Crippen LogP contribution in [0.25, 0.3) is 0 Å². The Morgan fingerprint density at radius 3 is 2.47 bits per heavy atom. The van der Waals surface area contributed by atoms with E-state index >= 15 is 0 Å². The van der Waals surface area contributed by atoms with E-state index in [1.807, 2.05) is 13.8 Å². The highest BCUT2D eigenvalue weighted by Gasteiger charge is 2.29. The van der Waals surface area contributed by atoms with Crippen LogP contribution in [0.15, 0.2) is 6.20 Å². The molecule has 0 spiro atoms. The lowest BCUT2D eigenvalue weighted by Gasteiger charge is -2.29. The van der Waals surface area contributed by atoms with Gasteiger partial charge >= 0.3 is 0 Å². The third-order valence-electron chi connectivity index (χ3n) is 2.62. The summed E-state index contributed by atoms with van der Waals surface area (Å²) < 4.78 is 5.73. The molecule has 0 radical (unpaired) electrons. The van der Waals surface area contributed by atoms with Crippen molar-refractivity contribution in [2.24, 2.45) is 5.41 Å². The molecule has 0 aliphatic rings. The lowest BCUT2D eigenvalue weighted by atomic mass is 9.88. The van der Waals surface area contributed by atoms with E-state index in [1.165, 1.54) is 0 Å². The fourth-order valence-electron chi connectivity index (χ4n) is 1.67. The lowest BCUT2D eigenvalue weighted by Crippen LogP contribution is -2.24. The number of aliphatic hydroxyl groups excluding tert-OH is 1. The Morgan fingerprint density at radius 2 is 2.06 bits per heavy atom. The minimum atomic E-state index is -0.126. The van der Waals surface area contributed by atoms with Gasteiger partial charge in [-0.1, -0.05) is 20.8 Å². The van der Waals surface area contributed by atoms with Crippen molar-refractivity contribution < 1.29 is 9.84 Å². The van der Waals surface area contributed by atoms with Gasteiger partial charge < -0.3 is 9.84 Å². The predicted octanol–water partition coefficient (Wildman–Crippen LogP) is 2.40. The molecule has 0 saturated carbocycles. The Labute approximate surface area is 103 Å². The highest BCUT2D eigenvalue weighted by atomic mass is 16.5. The van der Waals surface area contributed by atoms with Gasteiger partial charge in [-0.15, -0.1) is 0 Å². The first kappa shape index (κ1) is 14.1. The first-order valence-corrected chi connectivity index (χ1v) is 5.95. The zero-order valence-corrected chi connectivity index (χ0v) is 11.3. The highest BCUT2D eigenvalue weighted by Crippen LogP contribution is 2.34. The van der Waals surface area contributed by atoms with Crippen molar-refractivity contribution >= 4 is 0 Å². The molecule has 1 heterocycles. The summed E-state index contributed by atoms with van der Waals surface area (Å²) in [5, 5.41) is 9.10. The Morgan fingerprint density at radius 1 is 1.41 bits per heavy atom. The molecule has 0 fully saturated rings. The molecule has 0 amide bonds. The fourth-order valence-corrected chi connectivity index (χ4v) is 1.67. The van der Waals surface area contributed by atoms with Crippen LogP contribution < -0.4 is 0 Å². The Hall–Kier alpha value is -1.00. The van der Waals surface area contributed by atoms with Crippen LogP contribution in [0.3, 0.4) is 0 Å². The first-order chi connectivity index (χ1) is 7.90. The SMILES string of the molecule is CCOC(c1ncc(CO)c(C)n1)C(C)(C)C. The Balaban J connectivity index is 3.07. The van der Waals surface area contributed by atoms with Gasteiger partial charge in [0.25, 0.3) is 0 Å². The summed E-state index contributed by atoms with van der Waals surface area (Å²) in [6.45, 7) is 10.8. The Bertz CT molecular complexity index is 372. The van der Waals surface area contributed by atoms with Crippen molar-refractivity contribution in [1.29, 1.82) is 0 Å². The predicted molar refractivity (Wildman–Crippen MR) is 66.5 cm³/mol. The molecule has 1 aromatic rings. The first-order valence-electron chi connectivity index (χ1n) is 5.95. The van der Waals surface area contributed by atoms with E-state index in [0.29, 0.717) is 12.4 Å². The lowest BCUT2D eigenvalue weighted by molar-refractivity contribution is -0.0192. The zero-order chi connectivity index (χ0) is 13.1. The third kappa shape index (κ3) is 3.48. The quantitative estimate of drug-likeness (QED) is 0.875. The second-order valence-corrected chi connectivity index (χ2v) is 5.20. The summed E-state index contributed by atoms with van der Waals surface area (Å²) in [5.74, 6) is 0.689. The molecule has 4 nitrogen and oxygen atoms in total. The molecule has 96 valence electrons. The molecular formula is C13H22N2O2. The maximum atomic E-state index is 9.10. The van der Waals surface area contributed by atoms with Crippen molar-refractivity contribution in [2.45, 2.75) is 47.3 Å². The van der Waals surface area contributed by atoms with Crippen LogP contribution in [0.5, 0.6) is 0 Å². The number of hydrogen-bond donors (Lipinski definition) is 1. The molecule has 1 N–H and O–H groups in total. The largest absolute Gasteiger partial charge is 0.392 e. The van der Waals surface area contributed by atoms with Gasteiger partial charge in [0.15, 0.2) is 5.82 Å². The average molecular weight is 238 g/mol. The Kier molecular flexibility index (Phi) is 4.60. The van der Waals surface area contributed by atoms with Gasteiger partial charge in [-0.2, -0.15) is 0 Å². The smallest absolute Gasteiger partial charge is 0.157 e. The van der Waals surface area contributed by atoms with Crippen molar-refractivity contribution in [2.75, 3.05) is 6.61 Å². The van der Waals surface area contributed by atoms with Gasteiger partial charge in [0, 0.05) is 24.1 Å². The zero-order valence-electron chi connectivity index (χ0n) is 11.3. The van der Waals surface area contributed by atoms with E-state index in [2.05, 4.69) is 30.7 Å². The van der Waals surface area contributed by atoms with Crippen molar-refractivity contribution in [3.63, 3.8) is 0 Å². The number of aromatic nitrogens is 2. The van der Waals surface area contributed by atoms with Crippen LogP contribution >= 0.6 is 0 Å². The van der Waals surface area contributed by atoms with Gasteiger partial charge in [0.1, 0.15) is 6.10 Å². The maximum absolute atomic E-state index is 9.10. The standard InChI is InChI=1S/C13H22N2O2/c1-6-17-11(13(3,4)5)12-14-7-10(8-16)9(2)15-12/h7,11,16H,6,8H2,1-5H3. The average Bonchev–Trinajstić information content (AvgIpc) is 2.24. The van der Waals surface area contributed by atoms with Crippen LogP contribution in [0.2, 0.25) is 0 Å². The molecule has 4 heteroatoms. The van der Waals surface area contributed by atoms with Gasteiger partial charge in [0.2, 0.25) is 0 Å². The molecule has 1 aromatic heterocycles. The van der Waals surface area contributed by atoms with E-state index in [9.17, 15) is 0 Å². The van der Waals surface area contributed by atoms with Gasteiger partial charge in [-0.25, -0.2) is 9.97 Å². The number of hydrogen-bond acceptors (Lipinski definition) is 4. The number of aliphatic hydroxyl groups is 1. The molecule has 1 rings (SSSR count). The summed E-state index contributed by atoms with van der Waals surface area (Å²) in [6, 6.07) is 0. The molecule has 0 aliphatic carbocycles. The number of nitrogens with zero attached hydrogens (tertiary/aromatic N) is 2. The van der Waals surface area contributed by atoms with Crippen molar-refractivity contribution in [3.05, 3.63) is 23.3 Å². The highest BCUT2D eigenvalue weighted by molar-refractivity contribution is 5.16. The second kappa shape index (κ2) is 5.56. The number of rotatable bonds is 4.